The Bertz CT molecular complexity index is 208. The smallest absolute Gasteiger partial charge is 0.00671 e. The lowest BCUT2D eigenvalue weighted by Crippen LogP contribution is -2.35. The quantitative estimate of drug-likeness (QED) is 0.652. The Morgan fingerprint density at radius 1 is 1.00 bits per heavy atom. The van der Waals surface area contributed by atoms with E-state index < -0.39 is 0 Å². The fourth-order valence-electron chi connectivity index (χ4n) is 3.46. The highest BCUT2D eigenvalue weighted by molar-refractivity contribution is 4.84. The molecule has 18 heavy (non-hydrogen) atoms. The van der Waals surface area contributed by atoms with Gasteiger partial charge in [-0.2, -0.15) is 0 Å². The van der Waals surface area contributed by atoms with Gasteiger partial charge in [0.2, 0.25) is 0 Å². The lowest BCUT2D eigenvalue weighted by atomic mass is 9.68. The van der Waals surface area contributed by atoms with Gasteiger partial charge in [0, 0.05) is 6.04 Å². The Labute approximate surface area is 115 Å². The van der Waals surface area contributed by atoms with Crippen LogP contribution in [0.1, 0.15) is 85.5 Å². The highest BCUT2D eigenvalue weighted by Crippen LogP contribution is 2.40. The van der Waals surface area contributed by atoms with Gasteiger partial charge in [0.05, 0.1) is 0 Å². The van der Waals surface area contributed by atoms with Crippen LogP contribution in [0.2, 0.25) is 0 Å². The lowest BCUT2D eigenvalue weighted by Gasteiger charge is -2.38. The molecule has 0 spiro atoms. The maximum absolute atomic E-state index is 6.39. The SMILES string of the molecule is CCCCCCC(N)C1CCC(C(C)(C)C)CC1. The van der Waals surface area contributed by atoms with E-state index in [0.29, 0.717) is 11.5 Å². The Morgan fingerprint density at radius 3 is 2.11 bits per heavy atom. The van der Waals surface area contributed by atoms with Crippen LogP contribution >= 0.6 is 0 Å². The standard InChI is InChI=1S/C17H35N/c1-5-6-7-8-9-16(18)14-10-12-15(13-11-14)17(2,3)4/h14-16H,5-13,18H2,1-4H3. The first kappa shape index (κ1) is 16.0. The van der Waals surface area contributed by atoms with Crippen LogP contribution in [0.25, 0.3) is 0 Å². The molecule has 1 aliphatic rings. The molecule has 2 N–H and O–H groups in total. The van der Waals surface area contributed by atoms with Crippen molar-refractivity contribution < 1.29 is 0 Å². The predicted molar refractivity (Wildman–Crippen MR) is 81.6 cm³/mol. The summed E-state index contributed by atoms with van der Waals surface area (Å²) in [6.07, 6.45) is 12.2. The highest BCUT2D eigenvalue weighted by atomic mass is 14.6. The third-order valence-electron chi connectivity index (χ3n) is 4.99. The predicted octanol–water partition coefficient (Wildman–Crippen LogP) is 5.14. The van der Waals surface area contributed by atoms with Crippen molar-refractivity contribution in [2.45, 2.75) is 91.5 Å². The zero-order chi connectivity index (χ0) is 13.6. The summed E-state index contributed by atoms with van der Waals surface area (Å²) in [4.78, 5) is 0. The second-order valence-corrected chi connectivity index (χ2v) is 7.49. The minimum Gasteiger partial charge on any atom is -0.327 e. The Morgan fingerprint density at radius 2 is 1.61 bits per heavy atom. The topological polar surface area (TPSA) is 26.0 Å². The molecule has 0 heterocycles. The van der Waals surface area contributed by atoms with Crippen molar-refractivity contribution in [2.75, 3.05) is 0 Å². The summed E-state index contributed by atoms with van der Waals surface area (Å²) in [5, 5.41) is 0. The Hall–Kier alpha value is -0.0400. The second-order valence-electron chi connectivity index (χ2n) is 7.49. The summed E-state index contributed by atoms with van der Waals surface area (Å²) in [7, 11) is 0. The molecular formula is C17H35N. The normalized spacial score (nSPS) is 27.2. The van der Waals surface area contributed by atoms with E-state index in [1.165, 1.54) is 57.8 Å². The van der Waals surface area contributed by atoms with Crippen LogP contribution in [0.15, 0.2) is 0 Å². The molecule has 0 radical (unpaired) electrons. The summed E-state index contributed by atoms with van der Waals surface area (Å²) in [5.74, 6) is 1.73. The van der Waals surface area contributed by atoms with Gasteiger partial charge in [-0.15, -0.1) is 0 Å². The van der Waals surface area contributed by atoms with Crippen molar-refractivity contribution in [2.24, 2.45) is 23.0 Å². The average molecular weight is 253 g/mol. The van der Waals surface area contributed by atoms with Crippen LogP contribution in [0.4, 0.5) is 0 Å². The molecule has 108 valence electrons. The number of hydrogen-bond donors (Lipinski definition) is 1. The first-order valence-electron chi connectivity index (χ1n) is 8.20. The highest BCUT2D eigenvalue weighted by Gasteiger charge is 2.31. The molecule has 1 nitrogen and oxygen atoms in total. The first-order chi connectivity index (χ1) is 8.45. The second kappa shape index (κ2) is 7.53. The number of unbranched alkanes of at least 4 members (excludes halogenated alkanes) is 3. The Balaban J connectivity index is 2.21. The molecule has 1 heteroatoms. The van der Waals surface area contributed by atoms with E-state index in [-0.39, 0.29) is 0 Å². The first-order valence-corrected chi connectivity index (χ1v) is 8.20. The average Bonchev–Trinajstić information content (AvgIpc) is 2.33. The fourth-order valence-corrected chi connectivity index (χ4v) is 3.46. The van der Waals surface area contributed by atoms with Crippen LogP contribution in [-0.2, 0) is 0 Å². The number of rotatable bonds is 6. The Kier molecular flexibility index (Phi) is 6.70. The van der Waals surface area contributed by atoms with Crippen molar-refractivity contribution >= 4 is 0 Å². The number of hydrogen-bond acceptors (Lipinski definition) is 1. The zero-order valence-electron chi connectivity index (χ0n) is 13.2. The zero-order valence-corrected chi connectivity index (χ0v) is 13.2. The summed E-state index contributed by atoms with van der Waals surface area (Å²) < 4.78 is 0. The van der Waals surface area contributed by atoms with Crippen molar-refractivity contribution in [3.63, 3.8) is 0 Å². The minimum absolute atomic E-state index is 0.475. The van der Waals surface area contributed by atoms with Crippen LogP contribution in [0.3, 0.4) is 0 Å². The van der Waals surface area contributed by atoms with Gasteiger partial charge in [0.15, 0.2) is 0 Å². The van der Waals surface area contributed by atoms with E-state index in [1.54, 1.807) is 0 Å². The van der Waals surface area contributed by atoms with Crippen molar-refractivity contribution in [1.82, 2.24) is 0 Å². The van der Waals surface area contributed by atoms with E-state index >= 15 is 0 Å². The van der Waals surface area contributed by atoms with Gasteiger partial charge in [-0.1, -0.05) is 53.4 Å². The van der Waals surface area contributed by atoms with Crippen LogP contribution in [-0.4, -0.2) is 6.04 Å². The van der Waals surface area contributed by atoms with Gasteiger partial charge in [-0.25, -0.2) is 0 Å². The molecular weight excluding hydrogens is 218 g/mol. The molecule has 1 fully saturated rings. The minimum atomic E-state index is 0.475. The molecule has 0 aromatic carbocycles. The monoisotopic (exact) mass is 253 g/mol. The van der Waals surface area contributed by atoms with Crippen LogP contribution in [0, 0.1) is 17.3 Å². The summed E-state index contributed by atoms with van der Waals surface area (Å²) in [6.45, 7) is 9.45. The molecule has 0 aliphatic heterocycles. The van der Waals surface area contributed by atoms with Gasteiger partial charge in [-0.05, 0) is 49.4 Å². The van der Waals surface area contributed by atoms with Crippen LogP contribution in [0.5, 0.6) is 0 Å². The molecule has 0 aromatic heterocycles. The lowest BCUT2D eigenvalue weighted by molar-refractivity contribution is 0.137. The molecule has 1 atom stereocenters. The fraction of sp³-hybridized carbons (Fsp3) is 1.00. The largest absolute Gasteiger partial charge is 0.327 e. The molecule has 0 aromatic rings. The molecule has 1 rings (SSSR count). The maximum atomic E-state index is 6.39. The molecule has 0 saturated heterocycles. The van der Waals surface area contributed by atoms with E-state index in [0.717, 1.165) is 11.8 Å². The van der Waals surface area contributed by atoms with E-state index in [4.69, 9.17) is 5.73 Å². The summed E-state index contributed by atoms with van der Waals surface area (Å²) in [6, 6.07) is 0.475. The molecule has 0 amide bonds. The van der Waals surface area contributed by atoms with Gasteiger partial charge >= 0.3 is 0 Å². The third-order valence-corrected chi connectivity index (χ3v) is 4.99. The summed E-state index contributed by atoms with van der Waals surface area (Å²) in [5.41, 5.74) is 6.88. The van der Waals surface area contributed by atoms with Crippen LogP contribution < -0.4 is 5.73 Å². The van der Waals surface area contributed by atoms with Gasteiger partial charge in [0.1, 0.15) is 0 Å². The van der Waals surface area contributed by atoms with E-state index in [9.17, 15) is 0 Å². The molecule has 1 aliphatic carbocycles. The van der Waals surface area contributed by atoms with Crippen molar-refractivity contribution in [1.29, 1.82) is 0 Å². The third kappa shape index (κ3) is 5.30. The van der Waals surface area contributed by atoms with Crippen molar-refractivity contribution in [3.8, 4) is 0 Å². The van der Waals surface area contributed by atoms with Gasteiger partial charge in [-0.3, -0.25) is 0 Å². The summed E-state index contributed by atoms with van der Waals surface area (Å²) >= 11 is 0. The van der Waals surface area contributed by atoms with E-state index in [1.807, 2.05) is 0 Å². The van der Waals surface area contributed by atoms with E-state index in [2.05, 4.69) is 27.7 Å². The molecule has 0 bridgehead atoms. The molecule has 1 unspecified atom stereocenters. The number of nitrogens with two attached hydrogens (primary N) is 1. The van der Waals surface area contributed by atoms with Gasteiger partial charge < -0.3 is 5.73 Å². The van der Waals surface area contributed by atoms with Gasteiger partial charge in [0.25, 0.3) is 0 Å². The molecule has 1 saturated carbocycles. The van der Waals surface area contributed by atoms with Crippen molar-refractivity contribution in [3.05, 3.63) is 0 Å². The maximum Gasteiger partial charge on any atom is 0.00671 e.